The Balaban J connectivity index is 2.06. The average molecular weight is 282 g/mol. The van der Waals surface area contributed by atoms with E-state index in [1.165, 1.54) is 34.1 Å². The van der Waals surface area contributed by atoms with E-state index < -0.39 is 12.1 Å². The standard InChI is InChI=1S/C13H15FN2O4/c1-15(10-4-2-9(14)3-5-10)13(19)16-6-7-20-11(8-16)12(17)18/h2-5,11H,6-8H2,1H3,(H,17,18). The van der Waals surface area contributed by atoms with E-state index in [-0.39, 0.29) is 25.0 Å². The molecule has 7 heteroatoms. The van der Waals surface area contributed by atoms with E-state index in [4.69, 9.17) is 9.84 Å². The summed E-state index contributed by atoms with van der Waals surface area (Å²) in [6.45, 7) is 0.508. The Kier molecular flexibility index (Phi) is 4.19. The first-order chi connectivity index (χ1) is 9.49. The van der Waals surface area contributed by atoms with E-state index in [9.17, 15) is 14.0 Å². The van der Waals surface area contributed by atoms with Gasteiger partial charge in [0.2, 0.25) is 0 Å². The molecule has 20 heavy (non-hydrogen) atoms. The third-order valence-electron chi connectivity index (χ3n) is 3.11. The Hall–Kier alpha value is -2.15. The number of amides is 2. The number of carboxylic acid groups (broad SMARTS) is 1. The van der Waals surface area contributed by atoms with E-state index >= 15 is 0 Å². The first-order valence-corrected chi connectivity index (χ1v) is 6.11. The molecular formula is C13H15FN2O4. The summed E-state index contributed by atoms with van der Waals surface area (Å²) >= 11 is 0. The summed E-state index contributed by atoms with van der Waals surface area (Å²) in [6.07, 6.45) is -1.01. The summed E-state index contributed by atoms with van der Waals surface area (Å²) in [7, 11) is 1.56. The van der Waals surface area contributed by atoms with Crippen molar-refractivity contribution < 1.29 is 23.8 Å². The van der Waals surface area contributed by atoms with Crippen LogP contribution in [0.4, 0.5) is 14.9 Å². The number of carbonyl (C=O) groups is 2. The van der Waals surface area contributed by atoms with Crippen LogP contribution in [0.25, 0.3) is 0 Å². The van der Waals surface area contributed by atoms with Crippen molar-refractivity contribution in [2.75, 3.05) is 31.6 Å². The summed E-state index contributed by atoms with van der Waals surface area (Å²) in [5.41, 5.74) is 0.537. The second-order valence-corrected chi connectivity index (χ2v) is 4.46. The Morgan fingerprint density at radius 3 is 2.65 bits per heavy atom. The van der Waals surface area contributed by atoms with Crippen LogP contribution >= 0.6 is 0 Å². The van der Waals surface area contributed by atoms with Crippen LogP contribution in [0.2, 0.25) is 0 Å². The van der Waals surface area contributed by atoms with Gasteiger partial charge in [-0.2, -0.15) is 0 Å². The van der Waals surface area contributed by atoms with Crippen molar-refractivity contribution in [1.29, 1.82) is 0 Å². The minimum absolute atomic E-state index is 0.000296. The van der Waals surface area contributed by atoms with Gasteiger partial charge in [-0.05, 0) is 24.3 Å². The molecule has 1 aliphatic heterocycles. The number of urea groups is 1. The molecule has 108 valence electrons. The molecule has 1 unspecified atom stereocenters. The third-order valence-corrected chi connectivity index (χ3v) is 3.11. The van der Waals surface area contributed by atoms with Crippen molar-refractivity contribution in [1.82, 2.24) is 4.90 Å². The number of hydrogen-bond donors (Lipinski definition) is 1. The van der Waals surface area contributed by atoms with Crippen LogP contribution in [-0.4, -0.2) is 54.9 Å². The van der Waals surface area contributed by atoms with Crippen LogP contribution in [0.1, 0.15) is 0 Å². The molecule has 0 saturated carbocycles. The van der Waals surface area contributed by atoms with Gasteiger partial charge in [-0.15, -0.1) is 0 Å². The van der Waals surface area contributed by atoms with Crippen LogP contribution in [-0.2, 0) is 9.53 Å². The smallest absolute Gasteiger partial charge is 0.334 e. The molecule has 1 aromatic carbocycles. The van der Waals surface area contributed by atoms with Gasteiger partial charge in [0.15, 0.2) is 6.10 Å². The molecule has 6 nitrogen and oxygen atoms in total. The number of morpholine rings is 1. The molecule has 1 fully saturated rings. The van der Waals surface area contributed by atoms with E-state index in [2.05, 4.69) is 0 Å². The number of hydrogen-bond acceptors (Lipinski definition) is 3. The second kappa shape index (κ2) is 5.87. The fourth-order valence-electron chi connectivity index (χ4n) is 1.96. The van der Waals surface area contributed by atoms with Gasteiger partial charge in [0, 0.05) is 19.3 Å². The summed E-state index contributed by atoms with van der Waals surface area (Å²) in [5, 5.41) is 8.91. The molecule has 0 aromatic heterocycles. The lowest BCUT2D eigenvalue weighted by Gasteiger charge is -2.33. The van der Waals surface area contributed by atoms with Crippen molar-refractivity contribution in [2.45, 2.75) is 6.10 Å². The molecule has 1 atom stereocenters. The summed E-state index contributed by atoms with van der Waals surface area (Å²) in [5.74, 6) is -1.47. The first-order valence-electron chi connectivity index (χ1n) is 6.11. The molecule has 2 rings (SSSR count). The van der Waals surface area contributed by atoms with Crippen molar-refractivity contribution >= 4 is 17.7 Å². The van der Waals surface area contributed by atoms with Crippen molar-refractivity contribution in [3.05, 3.63) is 30.1 Å². The fraction of sp³-hybridized carbons (Fsp3) is 0.385. The normalized spacial score (nSPS) is 18.7. The highest BCUT2D eigenvalue weighted by atomic mass is 19.1. The predicted octanol–water partition coefficient (Wildman–Crippen LogP) is 1.17. The first kappa shape index (κ1) is 14.3. The van der Waals surface area contributed by atoms with Gasteiger partial charge in [0.1, 0.15) is 5.82 Å². The van der Waals surface area contributed by atoms with Crippen molar-refractivity contribution in [3.63, 3.8) is 0 Å². The quantitative estimate of drug-likeness (QED) is 0.884. The molecule has 2 amide bonds. The van der Waals surface area contributed by atoms with Gasteiger partial charge < -0.3 is 14.7 Å². The van der Waals surface area contributed by atoms with Crippen LogP contribution in [0.5, 0.6) is 0 Å². The van der Waals surface area contributed by atoms with Crippen molar-refractivity contribution in [3.8, 4) is 0 Å². The maximum atomic E-state index is 12.9. The second-order valence-electron chi connectivity index (χ2n) is 4.46. The Morgan fingerprint density at radius 1 is 1.40 bits per heavy atom. The molecule has 0 spiro atoms. The number of anilines is 1. The highest BCUT2D eigenvalue weighted by Crippen LogP contribution is 2.16. The van der Waals surface area contributed by atoms with Crippen LogP contribution < -0.4 is 4.90 Å². The molecule has 1 N–H and O–H groups in total. The molecule has 0 radical (unpaired) electrons. The molecule has 0 aliphatic carbocycles. The Labute approximate surface area is 115 Å². The number of rotatable bonds is 2. The largest absolute Gasteiger partial charge is 0.479 e. The zero-order valence-corrected chi connectivity index (χ0v) is 11.0. The summed E-state index contributed by atoms with van der Waals surface area (Å²) in [6, 6.07) is 5.16. The number of aliphatic carboxylic acids is 1. The molecule has 1 aliphatic rings. The van der Waals surface area contributed by atoms with Gasteiger partial charge in [-0.25, -0.2) is 14.0 Å². The maximum Gasteiger partial charge on any atom is 0.334 e. The van der Waals surface area contributed by atoms with Crippen LogP contribution in [0.15, 0.2) is 24.3 Å². The number of ether oxygens (including phenoxy) is 1. The van der Waals surface area contributed by atoms with E-state index in [0.29, 0.717) is 12.2 Å². The third kappa shape index (κ3) is 3.05. The lowest BCUT2D eigenvalue weighted by atomic mass is 10.2. The van der Waals surface area contributed by atoms with Gasteiger partial charge in [-0.3, -0.25) is 4.90 Å². The van der Waals surface area contributed by atoms with E-state index in [0.717, 1.165) is 0 Å². The van der Waals surface area contributed by atoms with Gasteiger partial charge in [0.05, 0.1) is 13.2 Å². The zero-order chi connectivity index (χ0) is 14.7. The number of benzene rings is 1. The minimum atomic E-state index is -1.09. The number of halogens is 1. The SMILES string of the molecule is CN(C(=O)N1CCOC(C(=O)O)C1)c1ccc(F)cc1. The summed E-state index contributed by atoms with van der Waals surface area (Å²) < 4.78 is 17.9. The van der Waals surface area contributed by atoms with Crippen molar-refractivity contribution in [2.24, 2.45) is 0 Å². The van der Waals surface area contributed by atoms with Gasteiger partial charge in [-0.1, -0.05) is 0 Å². The average Bonchev–Trinajstić information content (AvgIpc) is 2.46. The topological polar surface area (TPSA) is 70.1 Å². The summed E-state index contributed by atoms with van der Waals surface area (Å²) in [4.78, 5) is 25.9. The zero-order valence-electron chi connectivity index (χ0n) is 11.0. The van der Waals surface area contributed by atoms with E-state index in [1.54, 1.807) is 7.05 Å². The fourth-order valence-corrected chi connectivity index (χ4v) is 1.96. The number of carboxylic acids is 1. The predicted molar refractivity (Wildman–Crippen MR) is 69.1 cm³/mol. The number of nitrogens with zero attached hydrogens (tertiary/aromatic N) is 2. The lowest BCUT2D eigenvalue weighted by molar-refractivity contribution is -0.154. The maximum absolute atomic E-state index is 12.9. The highest BCUT2D eigenvalue weighted by molar-refractivity contribution is 5.91. The van der Waals surface area contributed by atoms with Crippen LogP contribution in [0.3, 0.4) is 0 Å². The van der Waals surface area contributed by atoms with E-state index in [1.807, 2.05) is 0 Å². The van der Waals surface area contributed by atoms with Gasteiger partial charge >= 0.3 is 12.0 Å². The lowest BCUT2D eigenvalue weighted by Crippen LogP contribution is -2.52. The number of carbonyl (C=O) groups excluding carboxylic acids is 1. The Bertz CT molecular complexity index is 506. The molecular weight excluding hydrogens is 267 g/mol. The van der Waals surface area contributed by atoms with Crippen LogP contribution in [0, 0.1) is 5.82 Å². The highest BCUT2D eigenvalue weighted by Gasteiger charge is 2.30. The molecule has 1 saturated heterocycles. The molecule has 1 heterocycles. The minimum Gasteiger partial charge on any atom is -0.479 e. The molecule has 1 aromatic rings. The van der Waals surface area contributed by atoms with Gasteiger partial charge in [0.25, 0.3) is 0 Å². The molecule has 0 bridgehead atoms. The monoisotopic (exact) mass is 282 g/mol. The Morgan fingerprint density at radius 2 is 2.05 bits per heavy atom.